The van der Waals surface area contributed by atoms with E-state index < -0.39 is 0 Å². The minimum atomic E-state index is 0.136. The van der Waals surface area contributed by atoms with Crippen molar-refractivity contribution in [2.75, 3.05) is 45.8 Å². The molecule has 1 fully saturated rings. The Morgan fingerprint density at radius 3 is 2.67 bits per heavy atom. The molecule has 0 atom stereocenters. The molecule has 1 aromatic carbocycles. The van der Waals surface area contributed by atoms with Gasteiger partial charge < -0.3 is 15.5 Å². The molecule has 1 amide bonds. The second kappa shape index (κ2) is 10.3. The van der Waals surface area contributed by atoms with Gasteiger partial charge in [-0.25, -0.2) is 4.99 Å². The fourth-order valence-electron chi connectivity index (χ4n) is 3.81. The smallest absolute Gasteiger partial charge is 0.244 e. The number of likely N-dealkylation sites (tertiary alicyclic amines) is 1. The fraction of sp³-hybridized carbons (Fsp3) is 0.619. The fourth-order valence-corrected chi connectivity index (χ4v) is 3.81. The van der Waals surface area contributed by atoms with E-state index in [1.165, 1.54) is 11.1 Å². The maximum Gasteiger partial charge on any atom is 0.244 e. The van der Waals surface area contributed by atoms with Gasteiger partial charge in [0, 0.05) is 45.8 Å². The standard InChI is InChI=1S/C21H33N5O/c1-2-22-21(24-16-20(27)26-13-5-6-14-26)23-11-7-12-25-15-10-18-8-3-4-9-19(18)17-25/h3-4,8-9H,2,5-7,10-17H2,1H3,(H2,22,23,24). The number of rotatable bonds is 7. The molecule has 0 bridgehead atoms. The van der Waals surface area contributed by atoms with E-state index in [1.54, 1.807) is 0 Å². The molecule has 2 N–H and O–H groups in total. The first kappa shape index (κ1) is 19.7. The van der Waals surface area contributed by atoms with Crippen LogP contribution >= 0.6 is 0 Å². The molecule has 0 unspecified atom stereocenters. The number of nitrogens with one attached hydrogen (secondary N) is 2. The normalized spacial score (nSPS) is 17.7. The predicted octanol–water partition coefficient (Wildman–Crippen LogP) is 1.61. The number of hydrogen-bond acceptors (Lipinski definition) is 3. The summed E-state index contributed by atoms with van der Waals surface area (Å²) < 4.78 is 0. The number of amides is 1. The van der Waals surface area contributed by atoms with Gasteiger partial charge in [-0.1, -0.05) is 24.3 Å². The second-order valence-electron chi connectivity index (χ2n) is 7.36. The molecule has 0 spiro atoms. The minimum absolute atomic E-state index is 0.136. The Kier molecular flexibility index (Phi) is 7.51. The van der Waals surface area contributed by atoms with Crippen LogP contribution in [0.15, 0.2) is 29.3 Å². The van der Waals surface area contributed by atoms with E-state index in [1.807, 2.05) is 11.8 Å². The van der Waals surface area contributed by atoms with Crippen LogP contribution in [-0.4, -0.2) is 67.5 Å². The average molecular weight is 372 g/mol. The SMILES string of the molecule is CCNC(=NCC(=O)N1CCCC1)NCCCN1CCc2ccccc2C1. The Morgan fingerprint density at radius 1 is 1.11 bits per heavy atom. The van der Waals surface area contributed by atoms with Crippen molar-refractivity contribution < 1.29 is 4.79 Å². The van der Waals surface area contributed by atoms with Gasteiger partial charge in [0.25, 0.3) is 0 Å². The predicted molar refractivity (Wildman–Crippen MR) is 110 cm³/mol. The number of carbonyl (C=O) groups is 1. The van der Waals surface area contributed by atoms with Crippen LogP contribution in [0.1, 0.15) is 37.3 Å². The zero-order chi connectivity index (χ0) is 18.9. The number of aliphatic imine (C=N–C) groups is 1. The Morgan fingerprint density at radius 2 is 1.89 bits per heavy atom. The lowest BCUT2D eigenvalue weighted by molar-refractivity contribution is -0.128. The summed E-state index contributed by atoms with van der Waals surface area (Å²) in [6.45, 7) is 8.98. The molecular formula is C21H33N5O. The van der Waals surface area contributed by atoms with Crippen molar-refractivity contribution in [2.24, 2.45) is 4.99 Å². The topological polar surface area (TPSA) is 60.0 Å². The molecule has 148 valence electrons. The van der Waals surface area contributed by atoms with Crippen molar-refractivity contribution in [3.63, 3.8) is 0 Å². The number of fused-ring (bicyclic) bond motifs is 1. The summed E-state index contributed by atoms with van der Waals surface area (Å²) in [5.41, 5.74) is 2.96. The van der Waals surface area contributed by atoms with Gasteiger partial charge in [0.1, 0.15) is 6.54 Å². The molecule has 1 aromatic rings. The van der Waals surface area contributed by atoms with Gasteiger partial charge in [-0.2, -0.15) is 0 Å². The maximum absolute atomic E-state index is 12.1. The van der Waals surface area contributed by atoms with Crippen LogP contribution in [0.2, 0.25) is 0 Å². The summed E-state index contributed by atoms with van der Waals surface area (Å²) in [6.07, 6.45) is 4.45. The van der Waals surface area contributed by atoms with Crippen molar-refractivity contribution in [2.45, 2.75) is 39.2 Å². The summed E-state index contributed by atoms with van der Waals surface area (Å²) in [6, 6.07) is 8.75. The molecule has 6 heteroatoms. The van der Waals surface area contributed by atoms with E-state index in [0.29, 0.717) is 0 Å². The highest BCUT2D eigenvalue weighted by Gasteiger charge is 2.17. The lowest BCUT2D eigenvalue weighted by Crippen LogP contribution is -2.40. The van der Waals surface area contributed by atoms with Crippen LogP contribution in [0.25, 0.3) is 0 Å². The average Bonchev–Trinajstić information content (AvgIpc) is 3.24. The van der Waals surface area contributed by atoms with E-state index in [2.05, 4.69) is 44.8 Å². The summed E-state index contributed by atoms with van der Waals surface area (Å²) in [7, 11) is 0. The third kappa shape index (κ3) is 5.96. The summed E-state index contributed by atoms with van der Waals surface area (Å²) in [5.74, 6) is 0.880. The quantitative estimate of drug-likeness (QED) is 0.434. The van der Waals surface area contributed by atoms with Gasteiger partial charge in [-0.15, -0.1) is 0 Å². The highest BCUT2D eigenvalue weighted by molar-refractivity contribution is 5.85. The van der Waals surface area contributed by atoms with E-state index in [-0.39, 0.29) is 12.5 Å². The molecule has 3 rings (SSSR count). The van der Waals surface area contributed by atoms with E-state index in [0.717, 1.165) is 77.5 Å². The van der Waals surface area contributed by atoms with Crippen LogP contribution in [0.5, 0.6) is 0 Å². The minimum Gasteiger partial charge on any atom is -0.357 e. The molecule has 0 saturated carbocycles. The first-order valence-corrected chi connectivity index (χ1v) is 10.4. The summed E-state index contributed by atoms with van der Waals surface area (Å²) in [5, 5.41) is 6.60. The molecule has 6 nitrogen and oxygen atoms in total. The largest absolute Gasteiger partial charge is 0.357 e. The van der Waals surface area contributed by atoms with E-state index in [4.69, 9.17) is 0 Å². The second-order valence-corrected chi connectivity index (χ2v) is 7.36. The first-order chi connectivity index (χ1) is 13.3. The van der Waals surface area contributed by atoms with Crippen LogP contribution in [0, 0.1) is 0 Å². The number of hydrogen-bond donors (Lipinski definition) is 2. The van der Waals surface area contributed by atoms with Gasteiger partial charge in [-0.05, 0) is 43.7 Å². The lowest BCUT2D eigenvalue weighted by Gasteiger charge is -2.28. The van der Waals surface area contributed by atoms with Gasteiger partial charge >= 0.3 is 0 Å². The van der Waals surface area contributed by atoms with Gasteiger partial charge in [0.05, 0.1) is 0 Å². The maximum atomic E-state index is 12.1. The Bertz CT molecular complexity index is 639. The van der Waals surface area contributed by atoms with Crippen molar-refractivity contribution in [1.29, 1.82) is 0 Å². The highest BCUT2D eigenvalue weighted by atomic mass is 16.2. The molecule has 0 aromatic heterocycles. The molecule has 2 aliphatic heterocycles. The molecule has 2 heterocycles. The lowest BCUT2D eigenvalue weighted by atomic mass is 10.00. The van der Waals surface area contributed by atoms with Gasteiger partial charge in [0.2, 0.25) is 5.91 Å². The molecule has 0 radical (unpaired) electrons. The number of nitrogens with zero attached hydrogens (tertiary/aromatic N) is 3. The third-order valence-corrected chi connectivity index (χ3v) is 5.33. The Labute approximate surface area is 163 Å². The number of guanidine groups is 1. The molecule has 0 aliphatic carbocycles. The van der Waals surface area contributed by atoms with Gasteiger partial charge in [-0.3, -0.25) is 9.69 Å². The molecule has 2 aliphatic rings. The summed E-state index contributed by atoms with van der Waals surface area (Å²) >= 11 is 0. The van der Waals surface area contributed by atoms with Gasteiger partial charge in [0.15, 0.2) is 5.96 Å². The molecular weight excluding hydrogens is 338 g/mol. The Hall–Kier alpha value is -2.08. The number of carbonyl (C=O) groups excluding carboxylic acids is 1. The van der Waals surface area contributed by atoms with Crippen LogP contribution in [0.3, 0.4) is 0 Å². The zero-order valence-corrected chi connectivity index (χ0v) is 16.5. The van der Waals surface area contributed by atoms with Crippen molar-refractivity contribution in [3.05, 3.63) is 35.4 Å². The third-order valence-electron chi connectivity index (χ3n) is 5.33. The van der Waals surface area contributed by atoms with E-state index in [9.17, 15) is 4.79 Å². The number of benzene rings is 1. The van der Waals surface area contributed by atoms with Crippen molar-refractivity contribution >= 4 is 11.9 Å². The Balaban J connectivity index is 1.38. The highest BCUT2D eigenvalue weighted by Crippen LogP contribution is 2.18. The van der Waals surface area contributed by atoms with Crippen LogP contribution in [0.4, 0.5) is 0 Å². The summed E-state index contributed by atoms with van der Waals surface area (Å²) in [4.78, 5) is 21.0. The monoisotopic (exact) mass is 371 g/mol. The van der Waals surface area contributed by atoms with Crippen molar-refractivity contribution in [3.8, 4) is 0 Å². The van der Waals surface area contributed by atoms with E-state index >= 15 is 0 Å². The van der Waals surface area contributed by atoms with Crippen molar-refractivity contribution in [1.82, 2.24) is 20.4 Å². The van der Waals surface area contributed by atoms with Crippen LogP contribution in [-0.2, 0) is 17.8 Å². The first-order valence-electron chi connectivity index (χ1n) is 10.4. The molecule has 27 heavy (non-hydrogen) atoms. The van der Waals surface area contributed by atoms with Crippen LogP contribution < -0.4 is 10.6 Å². The zero-order valence-electron chi connectivity index (χ0n) is 16.5. The molecule has 1 saturated heterocycles.